The van der Waals surface area contributed by atoms with Crippen LogP contribution in [-0.4, -0.2) is 41.2 Å². The van der Waals surface area contributed by atoms with Gasteiger partial charge >= 0.3 is 0 Å². The van der Waals surface area contributed by atoms with Crippen molar-refractivity contribution in [3.8, 4) is 0 Å². The lowest BCUT2D eigenvalue weighted by molar-refractivity contribution is 0.147. The Morgan fingerprint density at radius 1 is 1.32 bits per heavy atom. The van der Waals surface area contributed by atoms with Gasteiger partial charge < -0.3 is 10.1 Å². The molecule has 2 heterocycles. The summed E-state index contributed by atoms with van der Waals surface area (Å²) >= 11 is 0. The molecule has 0 atom stereocenters. The van der Waals surface area contributed by atoms with Crippen LogP contribution in [0.1, 0.15) is 30.2 Å². The van der Waals surface area contributed by atoms with E-state index in [1.54, 1.807) is 0 Å². The number of ether oxygens (including phenoxy) is 1. The van der Waals surface area contributed by atoms with Crippen molar-refractivity contribution in [3.05, 3.63) is 57.5 Å². The van der Waals surface area contributed by atoms with Gasteiger partial charge in [-0.2, -0.15) is 0 Å². The highest BCUT2D eigenvalue weighted by Gasteiger charge is 2.21. The van der Waals surface area contributed by atoms with Gasteiger partial charge in [-0.3, -0.25) is 14.7 Å². The topological polar surface area (TPSA) is 70.2 Å². The van der Waals surface area contributed by atoms with Crippen molar-refractivity contribution < 1.29 is 4.74 Å². The highest BCUT2D eigenvalue weighted by molar-refractivity contribution is 5.31. The van der Waals surface area contributed by atoms with Gasteiger partial charge in [0.2, 0.25) is 5.95 Å². The fourth-order valence-corrected chi connectivity index (χ4v) is 3.07. The molecule has 0 amide bonds. The molecular weight excluding hydrogens is 316 g/mol. The van der Waals surface area contributed by atoms with Crippen LogP contribution >= 0.6 is 0 Å². The number of hydrogen-bond acceptors (Lipinski definition) is 5. The summed E-state index contributed by atoms with van der Waals surface area (Å²) in [5, 5.41) is 3.19. The van der Waals surface area contributed by atoms with E-state index in [0.717, 1.165) is 50.3 Å². The van der Waals surface area contributed by atoms with Gasteiger partial charge in [-0.25, -0.2) is 4.98 Å². The largest absolute Gasteiger partial charge is 0.382 e. The molecule has 0 aliphatic carbocycles. The molecule has 1 aromatic carbocycles. The molecule has 25 heavy (non-hydrogen) atoms. The molecule has 0 radical (unpaired) electrons. The van der Waals surface area contributed by atoms with Gasteiger partial charge in [0, 0.05) is 45.8 Å². The number of rotatable bonds is 8. The molecule has 1 aromatic heterocycles. The summed E-state index contributed by atoms with van der Waals surface area (Å²) in [6.07, 6.45) is 1.69. The van der Waals surface area contributed by atoms with Crippen LogP contribution in [0.15, 0.2) is 35.1 Å². The number of hydrogen-bond donors (Lipinski definition) is 2. The first-order valence-corrected chi connectivity index (χ1v) is 8.96. The second kappa shape index (κ2) is 8.78. The van der Waals surface area contributed by atoms with Gasteiger partial charge in [-0.1, -0.05) is 30.3 Å². The SMILES string of the molecule is CCOCCCNc1nc2c(c(=O)[nH]1)CN(Cc1ccccc1)CC2. The van der Waals surface area contributed by atoms with Crippen LogP contribution in [0.2, 0.25) is 0 Å². The minimum atomic E-state index is -0.0323. The molecule has 2 N–H and O–H groups in total. The van der Waals surface area contributed by atoms with E-state index in [9.17, 15) is 4.79 Å². The van der Waals surface area contributed by atoms with Crippen LogP contribution in [0.4, 0.5) is 5.95 Å². The fourth-order valence-electron chi connectivity index (χ4n) is 3.07. The molecule has 0 saturated carbocycles. The summed E-state index contributed by atoms with van der Waals surface area (Å²) in [5.41, 5.74) is 2.94. The molecule has 6 nitrogen and oxygen atoms in total. The third-order valence-electron chi connectivity index (χ3n) is 4.36. The van der Waals surface area contributed by atoms with E-state index < -0.39 is 0 Å². The van der Waals surface area contributed by atoms with Crippen molar-refractivity contribution in [3.63, 3.8) is 0 Å². The summed E-state index contributed by atoms with van der Waals surface area (Å²) in [7, 11) is 0. The van der Waals surface area contributed by atoms with E-state index in [1.165, 1.54) is 5.56 Å². The molecule has 1 aliphatic heterocycles. The number of nitrogens with zero attached hydrogens (tertiary/aromatic N) is 2. The molecule has 6 heteroatoms. The van der Waals surface area contributed by atoms with Gasteiger partial charge in [0.25, 0.3) is 5.56 Å². The smallest absolute Gasteiger partial charge is 0.257 e. The Hall–Kier alpha value is -2.18. The molecule has 3 rings (SSSR count). The molecule has 1 aliphatic rings. The van der Waals surface area contributed by atoms with E-state index in [-0.39, 0.29) is 5.56 Å². The Bertz CT molecular complexity index is 730. The number of aromatic amines is 1. The second-order valence-electron chi connectivity index (χ2n) is 6.26. The summed E-state index contributed by atoms with van der Waals surface area (Å²) in [6, 6.07) is 10.4. The van der Waals surface area contributed by atoms with Crippen LogP contribution < -0.4 is 10.9 Å². The average molecular weight is 342 g/mol. The normalized spacial score (nSPS) is 14.3. The van der Waals surface area contributed by atoms with E-state index >= 15 is 0 Å². The van der Waals surface area contributed by atoms with Gasteiger partial charge in [0.05, 0.1) is 11.3 Å². The Morgan fingerprint density at radius 2 is 2.16 bits per heavy atom. The third kappa shape index (κ3) is 4.90. The van der Waals surface area contributed by atoms with E-state index in [4.69, 9.17) is 4.74 Å². The van der Waals surface area contributed by atoms with Gasteiger partial charge in [-0.05, 0) is 18.9 Å². The lowest BCUT2D eigenvalue weighted by Gasteiger charge is -2.27. The minimum Gasteiger partial charge on any atom is -0.382 e. The first kappa shape index (κ1) is 17.6. The molecule has 2 aromatic rings. The van der Waals surface area contributed by atoms with Crippen LogP contribution in [-0.2, 0) is 24.2 Å². The highest BCUT2D eigenvalue weighted by Crippen LogP contribution is 2.17. The summed E-state index contributed by atoms with van der Waals surface area (Å²) < 4.78 is 5.31. The van der Waals surface area contributed by atoms with Crippen LogP contribution in [0.5, 0.6) is 0 Å². The molecular formula is C19H26N4O2. The summed E-state index contributed by atoms with van der Waals surface area (Å²) in [6.45, 7) is 6.59. The maximum absolute atomic E-state index is 12.4. The number of anilines is 1. The zero-order valence-electron chi connectivity index (χ0n) is 14.8. The molecule has 134 valence electrons. The zero-order valence-corrected chi connectivity index (χ0v) is 14.8. The van der Waals surface area contributed by atoms with Crippen molar-refractivity contribution in [2.24, 2.45) is 0 Å². The van der Waals surface area contributed by atoms with Crippen LogP contribution in [0, 0.1) is 0 Å². The van der Waals surface area contributed by atoms with Crippen molar-refractivity contribution in [1.82, 2.24) is 14.9 Å². The predicted octanol–water partition coefficient (Wildman–Crippen LogP) is 2.17. The van der Waals surface area contributed by atoms with Crippen molar-refractivity contribution in [2.45, 2.75) is 32.9 Å². The maximum Gasteiger partial charge on any atom is 0.257 e. The number of nitrogens with one attached hydrogen (secondary N) is 2. The number of benzene rings is 1. The van der Waals surface area contributed by atoms with Crippen molar-refractivity contribution in [2.75, 3.05) is 31.6 Å². The molecule has 0 fully saturated rings. The fraction of sp³-hybridized carbons (Fsp3) is 0.474. The number of aromatic nitrogens is 2. The van der Waals surface area contributed by atoms with Gasteiger partial charge in [-0.15, -0.1) is 0 Å². The average Bonchev–Trinajstić information content (AvgIpc) is 2.63. The minimum absolute atomic E-state index is 0.0323. The summed E-state index contributed by atoms with van der Waals surface area (Å²) in [5.74, 6) is 0.566. The molecule has 0 bridgehead atoms. The Labute approximate surface area is 148 Å². The van der Waals surface area contributed by atoms with Crippen molar-refractivity contribution >= 4 is 5.95 Å². The number of H-pyrrole nitrogens is 1. The lowest BCUT2D eigenvalue weighted by atomic mass is 10.1. The van der Waals surface area contributed by atoms with Gasteiger partial charge in [0.1, 0.15) is 0 Å². The van der Waals surface area contributed by atoms with E-state index in [2.05, 4.69) is 32.3 Å². The second-order valence-corrected chi connectivity index (χ2v) is 6.26. The predicted molar refractivity (Wildman–Crippen MR) is 98.7 cm³/mol. The molecule has 0 unspecified atom stereocenters. The highest BCUT2D eigenvalue weighted by atomic mass is 16.5. The van der Waals surface area contributed by atoms with E-state index in [0.29, 0.717) is 19.1 Å². The molecule has 0 saturated heterocycles. The quantitative estimate of drug-likeness (QED) is 0.720. The summed E-state index contributed by atoms with van der Waals surface area (Å²) in [4.78, 5) is 22.2. The van der Waals surface area contributed by atoms with E-state index in [1.807, 2.05) is 25.1 Å². The Morgan fingerprint density at radius 3 is 2.96 bits per heavy atom. The maximum atomic E-state index is 12.4. The monoisotopic (exact) mass is 342 g/mol. The van der Waals surface area contributed by atoms with Gasteiger partial charge in [0.15, 0.2) is 0 Å². The van der Waals surface area contributed by atoms with Crippen LogP contribution in [0.3, 0.4) is 0 Å². The number of fused-ring (bicyclic) bond motifs is 1. The Balaban J connectivity index is 1.60. The third-order valence-corrected chi connectivity index (χ3v) is 4.36. The lowest BCUT2D eigenvalue weighted by Crippen LogP contribution is -2.35. The first-order valence-electron chi connectivity index (χ1n) is 8.96. The van der Waals surface area contributed by atoms with Crippen LogP contribution in [0.25, 0.3) is 0 Å². The standard InChI is InChI=1S/C19H26N4O2/c1-2-25-12-6-10-20-19-21-17-9-11-23(14-16(17)18(24)22-19)13-15-7-4-3-5-8-15/h3-5,7-8H,2,6,9-14H2,1H3,(H2,20,21,22,24). The van der Waals surface area contributed by atoms with Crippen molar-refractivity contribution in [1.29, 1.82) is 0 Å². The molecule has 0 spiro atoms. The Kier molecular flexibility index (Phi) is 6.19. The first-order chi connectivity index (χ1) is 12.3. The zero-order chi connectivity index (χ0) is 17.5.